The SMILES string of the molecule is c1ccc(-n2c3ccccc3c3ccc(N(c4ccc5c(c4)C4(c6ccccc6O5)c5ccccc5-c5cccc6cccc4c56)c4ccc5c(c4)sc4ccccc45)cc32)cc1. The van der Waals surface area contributed by atoms with E-state index in [-0.39, 0.29) is 0 Å². The maximum Gasteiger partial charge on any atom is 0.132 e. The van der Waals surface area contributed by atoms with Crippen LogP contribution in [0.4, 0.5) is 17.1 Å². The van der Waals surface area contributed by atoms with Crippen molar-refractivity contribution in [1.29, 1.82) is 0 Å². The van der Waals surface area contributed by atoms with Gasteiger partial charge in [0.25, 0.3) is 0 Å². The van der Waals surface area contributed by atoms with E-state index in [1.54, 1.807) is 0 Å². The highest BCUT2D eigenvalue weighted by Gasteiger charge is 2.49. The molecule has 12 aromatic rings. The highest BCUT2D eigenvalue weighted by molar-refractivity contribution is 7.25. The zero-order chi connectivity index (χ0) is 41.2. The second-order valence-corrected chi connectivity index (χ2v) is 17.9. The van der Waals surface area contributed by atoms with Crippen molar-refractivity contribution < 1.29 is 4.74 Å². The van der Waals surface area contributed by atoms with E-state index in [0.29, 0.717) is 0 Å². The number of thiophene rings is 1. The molecule has 3 nitrogen and oxygen atoms in total. The van der Waals surface area contributed by atoms with E-state index in [4.69, 9.17) is 4.74 Å². The molecule has 294 valence electrons. The molecule has 0 bridgehead atoms. The van der Waals surface area contributed by atoms with Crippen LogP contribution in [0.15, 0.2) is 218 Å². The highest BCUT2D eigenvalue weighted by Crippen LogP contribution is 2.62. The molecule has 2 aliphatic rings. The minimum absolute atomic E-state index is 0.657. The van der Waals surface area contributed by atoms with E-state index in [2.05, 4.69) is 228 Å². The first-order valence-corrected chi connectivity index (χ1v) is 22.4. The number of fused-ring (bicyclic) bond motifs is 14. The Labute approximate surface area is 367 Å². The Bertz CT molecular complexity index is 3860. The quantitative estimate of drug-likeness (QED) is 0.176. The number of hydrogen-bond donors (Lipinski definition) is 0. The zero-order valence-electron chi connectivity index (χ0n) is 34.0. The predicted molar refractivity (Wildman–Crippen MR) is 263 cm³/mol. The normalized spacial score (nSPS) is 14.9. The second-order valence-electron chi connectivity index (χ2n) is 16.8. The van der Waals surface area contributed by atoms with E-state index in [9.17, 15) is 0 Å². The fraction of sp³-hybridized carbons (Fsp3) is 0.0169. The van der Waals surface area contributed by atoms with Crippen molar-refractivity contribution in [1.82, 2.24) is 4.57 Å². The molecule has 0 amide bonds. The van der Waals surface area contributed by atoms with Crippen LogP contribution in [0, 0.1) is 0 Å². The third kappa shape index (κ3) is 4.79. The van der Waals surface area contributed by atoms with Crippen LogP contribution in [0.25, 0.3) is 69.6 Å². The van der Waals surface area contributed by atoms with Crippen LogP contribution >= 0.6 is 11.3 Å². The van der Waals surface area contributed by atoms with Gasteiger partial charge < -0.3 is 14.2 Å². The molecule has 14 rings (SSSR count). The van der Waals surface area contributed by atoms with Gasteiger partial charge in [-0.1, -0.05) is 146 Å². The van der Waals surface area contributed by atoms with Gasteiger partial charge in [0.15, 0.2) is 0 Å². The Morgan fingerprint density at radius 3 is 1.92 bits per heavy atom. The largest absolute Gasteiger partial charge is 0.457 e. The Balaban J connectivity index is 1.07. The number of ether oxygens (including phenoxy) is 1. The van der Waals surface area contributed by atoms with Gasteiger partial charge in [-0.3, -0.25) is 0 Å². The van der Waals surface area contributed by atoms with Crippen molar-refractivity contribution in [2.75, 3.05) is 4.90 Å². The topological polar surface area (TPSA) is 17.4 Å². The number of benzene rings is 10. The van der Waals surface area contributed by atoms with Gasteiger partial charge in [-0.2, -0.15) is 0 Å². The highest BCUT2D eigenvalue weighted by atomic mass is 32.1. The third-order valence-electron chi connectivity index (χ3n) is 13.6. The maximum atomic E-state index is 6.98. The van der Waals surface area contributed by atoms with E-state index < -0.39 is 5.41 Å². The summed E-state index contributed by atoms with van der Waals surface area (Å²) in [5.41, 5.74) is 13.4. The number of para-hydroxylation sites is 3. The van der Waals surface area contributed by atoms with Gasteiger partial charge in [-0.25, -0.2) is 0 Å². The summed E-state index contributed by atoms with van der Waals surface area (Å²) in [6, 6.07) is 80.3. The van der Waals surface area contributed by atoms with Crippen LogP contribution in [-0.2, 0) is 5.41 Å². The van der Waals surface area contributed by atoms with Crippen molar-refractivity contribution in [2.24, 2.45) is 0 Å². The standard InChI is InChI=1S/C59H36N2OS/c1-2-16-38(17-3-1)61-52-25-9-5-19-43(52)44-31-28-40(35-53(44)61)60(41-29-32-46-45-20-6-11-27-56(45)63-57(46)36-41)39-30-33-55-51(34-39)59(49-23-8-10-26-54(49)62-55)48-22-7-4-18-42(48)47-21-12-14-37-15-13-24-50(59)58(37)47/h1-36H. The van der Waals surface area contributed by atoms with Gasteiger partial charge in [0, 0.05) is 64.8 Å². The molecular formula is C59H36N2OS. The van der Waals surface area contributed by atoms with Gasteiger partial charge in [-0.05, 0) is 106 Å². The summed E-state index contributed by atoms with van der Waals surface area (Å²) in [6.45, 7) is 0. The third-order valence-corrected chi connectivity index (χ3v) is 14.8. The first-order valence-electron chi connectivity index (χ1n) is 21.6. The van der Waals surface area contributed by atoms with Gasteiger partial charge >= 0.3 is 0 Å². The molecular weight excluding hydrogens is 785 g/mol. The lowest BCUT2D eigenvalue weighted by molar-refractivity contribution is 0.435. The summed E-state index contributed by atoms with van der Waals surface area (Å²) in [5, 5.41) is 7.55. The molecule has 10 aromatic carbocycles. The molecule has 1 aliphatic carbocycles. The first kappa shape index (κ1) is 34.8. The van der Waals surface area contributed by atoms with E-state index >= 15 is 0 Å². The number of hydrogen-bond acceptors (Lipinski definition) is 3. The van der Waals surface area contributed by atoms with Crippen molar-refractivity contribution in [3.8, 4) is 28.3 Å². The molecule has 0 saturated heterocycles. The molecule has 0 radical (unpaired) electrons. The molecule has 0 saturated carbocycles. The van der Waals surface area contributed by atoms with Gasteiger partial charge in [0.05, 0.1) is 16.4 Å². The summed E-state index contributed by atoms with van der Waals surface area (Å²) in [7, 11) is 0. The number of nitrogens with zero attached hydrogens (tertiary/aromatic N) is 2. The Morgan fingerprint density at radius 2 is 1.02 bits per heavy atom. The van der Waals surface area contributed by atoms with Crippen LogP contribution in [0.5, 0.6) is 11.5 Å². The van der Waals surface area contributed by atoms with Crippen LogP contribution in [0.3, 0.4) is 0 Å². The van der Waals surface area contributed by atoms with Crippen molar-refractivity contribution >= 4 is 81.1 Å². The molecule has 1 aliphatic heterocycles. The van der Waals surface area contributed by atoms with Gasteiger partial charge in [0.1, 0.15) is 11.5 Å². The summed E-state index contributed by atoms with van der Waals surface area (Å²) in [4.78, 5) is 2.45. The number of rotatable bonds is 4. The fourth-order valence-electron chi connectivity index (χ4n) is 11.1. The monoisotopic (exact) mass is 820 g/mol. The van der Waals surface area contributed by atoms with Crippen LogP contribution < -0.4 is 9.64 Å². The minimum Gasteiger partial charge on any atom is -0.457 e. The molecule has 2 aromatic heterocycles. The van der Waals surface area contributed by atoms with Crippen LogP contribution in [-0.4, -0.2) is 4.57 Å². The zero-order valence-corrected chi connectivity index (χ0v) is 34.8. The van der Waals surface area contributed by atoms with E-state index in [1.807, 2.05) is 11.3 Å². The Morgan fingerprint density at radius 1 is 0.397 bits per heavy atom. The summed E-state index contributed by atoms with van der Waals surface area (Å²) < 4.78 is 11.9. The minimum atomic E-state index is -0.657. The molecule has 0 fully saturated rings. The van der Waals surface area contributed by atoms with Gasteiger partial charge in [-0.15, -0.1) is 11.3 Å². The smallest absolute Gasteiger partial charge is 0.132 e. The second kappa shape index (κ2) is 13.0. The molecule has 63 heavy (non-hydrogen) atoms. The number of anilines is 3. The van der Waals surface area contributed by atoms with Crippen molar-refractivity contribution in [3.05, 3.63) is 241 Å². The molecule has 3 heterocycles. The number of aromatic nitrogens is 1. The molecule has 1 spiro atoms. The first-order chi connectivity index (χ1) is 31.2. The Hall–Kier alpha value is -7.92. The van der Waals surface area contributed by atoms with Crippen molar-refractivity contribution in [2.45, 2.75) is 5.41 Å². The molecule has 4 heteroatoms. The molecule has 0 N–H and O–H groups in total. The van der Waals surface area contributed by atoms with E-state index in [1.165, 1.54) is 69.5 Å². The van der Waals surface area contributed by atoms with Crippen LogP contribution in [0.1, 0.15) is 22.3 Å². The van der Waals surface area contributed by atoms with Gasteiger partial charge in [0.2, 0.25) is 0 Å². The lowest BCUT2D eigenvalue weighted by Crippen LogP contribution is -2.36. The lowest BCUT2D eigenvalue weighted by atomic mass is 9.58. The molecule has 1 unspecified atom stereocenters. The van der Waals surface area contributed by atoms with Crippen molar-refractivity contribution in [3.63, 3.8) is 0 Å². The molecule has 1 atom stereocenters. The average molecular weight is 821 g/mol. The maximum absolute atomic E-state index is 6.98. The predicted octanol–water partition coefficient (Wildman–Crippen LogP) is 16.2. The van der Waals surface area contributed by atoms with E-state index in [0.717, 1.165) is 50.9 Å². The summed E-state index contributed by atoms with van der Waals surface area (Å²) >= 11 is 1.85. The van der Waals surface area contributed by atoms with Crippen LogP contribution in [0.2, 0.25) is 0 Å². The Kier molecular flexibility index (Phi) is 7.20. The summed E-state index contributed by atoms with van der Waals surface area (Å²) in [5.74, 6) is 1.75. The summed E-state index contributed by atoms with van der Waals surface area (Å²) in [6.07, 6.45) is 0. The average Bonchev–Trinajstić information content (AvgIpc) is 3.88. The fourth-order valence-corrected chi connectivity index (χ4v) is 12.2. The lowest BCUT2D eigenvalue weighted by Gasteiger charge is -2.45.